The highest BCUT2D eigenvalue weighted by atomic mass is 35.5. The predicted octanol–water partition coefficient (Wildman–Crippen LogP) is 6.73. The molecule has 1 atom stereocenters. The Morgan fingerprint density at radius 2 is 1.63 bits per heavy atom. The van der Waals surface area contributed by atoms with Crippen molar-refractivity contribution in [2.24, 2.45) is 0 Å². The Hall–Kier alpha value is -4.01. The van der Waals surface area contributed by atoms with Crippen LogP contribution in [-0.2, 0) is 25.8 Å². The summed E-state index contributed by atoms with van der Waals surface area (Å²) in [5.74, 6) is -0.177. The SMILES string of the molecule is Cc1cccc2c1nc(-n1ccc(NC(=O)C(C)c3c([S+](C)C)cccc3S(=O)(=O)O)c1)n2C(=O)Nc1ccc(N(CCCl)CCCl)cc1. The molecule has 0 aliphatic carbocycles. The van der Waals surface area contributed by atoms with E-state index in [1.165, 1.54) is 10.6 Å². The third-order valence-electron chi connectivity index (χ3n) is 8.03. The Labute approximate surface area is 298 Å². The van der Waals surface area contributed by atoms with E-state index in [2.05, 4.69) is 15.5 Å². The number of carbonyl (C=O) groups is 2. The van der Waals surface area contributed by atoms with Crippen molar-refractivity contribution in [2.45, 2.75) is 29.6 Å². The van der Waals surface area contributed by atoms with Crippen molar-refractivity contribution in [1.82, 2.24) is 14.1 Å². The van der Waals surface area contributed by atoms with Crippen LogP contribution in [-0.4, -0.2) is 76.4 Å². The molecule has 0 saturated heterocycles. The van der Waals surface area contributed by atoms with Crippen molar-refractivity contribution < 1.29 is 22.6 Å². The molecule has 0 fully saturated rings. The molecule has 0 aliphatic rings. The number of hydrogen-bond donors (Lipinski definition) is 3. The molecule has 3 aromatic carbocycles. The van der Waals surface area contributed by atoms with Gasteiger partial charge in [-0.3, -0.25) is 13.9 Å². The summed E-state index contributed by atoms with van der Waals surface area (Å²) < 4.78 is 37.5. The molecule has 0 radical (unpaired) electrons. The Kier molecular flexibility index (Phi) is 11.3. The van der Waals surface area contributed by atoms with Gasteiger partial charge in [0.1, 0.15) is 17.4 Å². The number of carbonyl (C=O) groups excluding carboxylic acids is 2. The van der Waals surface area contributed by atoms with Crippen LogP contribution in [0.15, 0.2) is 88.9 Å². The van der Waals surface area contributed by atoms with Gasteiger partial charge in [0.05, 0.1) is 22.6 Å². The molecule has 0 spiro atoms. The van der Waals surface area contributed by atoms with Gasteiger partial charge in [-0.25, -0.2) is 14.3 Å². The number of aryl methyl sites for hydroxylation is 1. The summed E-state index contributed by atoms with van der Waals surface area (Å²) in [4.78, 5) is 34.6. The first-order chi connectivity index (χ1) is 23.3. The summed E-state index contributed by atoms with van der Waals surface area (Å²) in [6.45, 7) is 4.78. The second-order valence-electron chi connectivity index (χ2n) is 11.5. The van der Waals surface area contributed by atoms with E-state index in [1.54, 1.807) is 42.1 Å². The summed E-state index contributed by atoms with van der Waals surface area (Å²) >= 11 is 11.9. The molecule has 2 amide bonds. The molecule has 1 unspecified atom stereocenters. The number of nitrogens with one attached hydrogen (secondary N) is 2. The zero-order valence-corrected chi connectivity index (χ0v) is 30.5. The van der Waals surface area contributed by atoms with Gasteiger partial charge in [0, 0.05) is 65.1 Å². The fourth-order valence-corrected chi connectivity index (χ4v) is 7.98. The number of alkyl halides is 2. The van der Waals surface area contributed by atoms with Crippen LogP contribution in [0.5, 0.6) is 0 Å². The van der Waals surface area contributed by atoms with Gasteiger partial charge < -0.3 is 15.5 Å². The van der Waals surface area contributed by atoms with Crippen molar-refractivity contribution >= 4 is 84.2 Å². The molecule has 5 rings (SSSR count). The zero-order valence-electron chi connectivity index (χ0n) is 27.4. The van der Waals surface area contributed by atoms with E-state index in [0.717, 1.165) is 11.3 Å². The number of imidazole rings is 1. The van der Waals surface area contributed by atoms with Gasteiger partial charge in [-0.1, -0.05) is 18.2 Å². The summed E-state index contributed by atoms with van der Waals surface area (Å²) in [6, 6.07) is 18.8. The molecule has 3 N–H and O–H groups in total. The van der Waals surface area contributed by atoms with Crippen LogP contribution in [0, 0.1) is 6.92 Å². The third-order valence-corrected chi connectivity index (χ3v) is 10.5. The van der Waals surface area contributed by atoms with E-state index >= 15 is 0 Å². The Morgan fingerprint density at radius 3 is 2.27 bits per heavy atom. The fourth-order valence-electron chi connectivity index (χ4n) is 5.62. The topological polar surface area (TPSA) is 139 Å². The average Bonchev–Trinajstić information content (AvgIpc) is 3.69. The summed E-state index contributed by atoms with van der Waals surface area (Å²) in [7, 11) is -4.97. The highest BCUT2D eigenvalue weighted by Crippen LogP contribution is 2.32. The van der Waals surface area contributed by atoms with E-state index in [0.29, 0.717) is 58.1 Å². The van der Waals surface area contributed by atoms with Crippen molar-refractivity contribution in [2.75, 3.05) is 52.9 Å². The van der Waals surface area contributed by atoms with Crippen LogP contribution in [0.4, 0.5) is 21.9 Å². The maximum atomic E-state index is 13.9. The number of fused-ring (bicyclic) bond motifs is 1. The lowest BCUT2D eigenvalue weighted by atomic mass is 10.00. The Morgan fingerprint density at radius 1 is 0.959 bits per heavy atom. The molecule has 5 aromatic rings. The maximum Gasteiger partial charge on any atom is 0.333 e. The number of hydrogen-bond acceptors (Lipinski definition) is 6. The molecule has 15 heteroatoms. The number of halogens is 2. The van der Waals surface area contributed by atoms with E-state index in [4.69, 9.17) is 28.2 Å². The van der Waals surface area contributed by atoms with Gasteiger partial charge in [0.25, 0.3) is 10.1 Å². The van der Waals surface area contributed by atoms with Crippen LogP contribution in [0.1, 0.15) is 24.0 Å². The van der Waals surface area contributed by atoms with E-state index in [-0.39, 0.29) is 10.5 Å². The van der Waals surface area contributed by atoms with Crippen molar-refractivity contribution in [3.63, 3.8) is 0 Å². The first-order valence-corrected chi connectivity index (χ1v) is 19.8. The second kappa shape index (κ2) is 15.3. The zero-order chi connectivity index (χ0) is 35.5. The molecule has 258 valence electrons. The Bertz CT molecular complexity index is 2090. The van der Waals surface area contributed by atoms with Crippen molar-refractivity contribution in [3.05, 3.63) is 90.3 Å². The minimum Gasteiger partial charge on any atom is -0.369 e. The van der Waals surface area contributed by atoms with Gasteiger partial charge >= 0.3 is 6.03 Å². The van der Waals surface area contributed by atoms with Gasteiger partial charge in [0.15, 0.2) is 4.90 Å². The highest BCUT2D eigenvalue weighted by molar-refractivity contribution is 7.95. The minimum atomic E-state index is -4.58. The third kappa shape index (κ3) is 7.92. The number of anilines is 3. The van der Waals surface area contributed by atoms with Crippen LogP contribution in [0.2, 0.25) is 0 Å². The van der Waals surface area contributed by atoms with Crippen LogP contribution in [0.25, 0.3) is 17.0 Å². The van der Waals surface area contributed by atoms with Crippen LogP contribution in [0.3, 0.4) is 0 Å². The molecule has 11 nitrogen and oxygen atoms in total. The summed E-state index contributed by atoms with van der Waals surface area (Å²) in [5, 5.41) is 5.81. The van der Waals surface area contributed by atoms with Crippen LogP contribution >= 0.6 is 23.2 Å². The summed E-state index contributed by atoms with van der Waals surface area (Å²) in [6.07, 6.45) is 7.12. The number of amides is 2. The largest absolute Gasteiger partial charge is 0.369 e. The van der Waals surface area contributed by atoms with E-state index in [9.17, 15) is 22.6 Å². The van der Waals surface area contributed by atoms with Gasteiger partial charge in [0.2, 0.25) is 11.9 Å². The molecule has 0 saturated carbocycles. The molecule has 0 aliphatic heterocycles. The molecule has 2 heterocycles. The quantitative estimate of drug-likeness (QED) is 0.0732. The monoisotopic (exact) mass is 743 g/mol. The number of benzene rings is 3. The lowest BCUT2D eigenvalue weighted by Crippen LogP contribution is -2.27. The standard InChI is InChI=1S/C34H36Cl2N6O5S2/c1-22-7-5-8-27-31(22)39-33(42(27)34(44)38-24-11-13-26(14-12-24)40(19-16-35)20-17-36)41-18-15-25(21-41)37-32(43)23(2)30-28(48(3)4)9-6-10-29(30)49(45,46)47/h5-15,18,21,23H,16-17,19-20H2,1-4H3,(H2-,37,38,43,44,45,46,47)/p+1. The normalized spacial score (nSPS) is 12.3. The first-order valence-electron chi connectivity index (χ1n) is 15.3. The predicted molar refractivity (Wildman–Crippen MR) is 199 cm³/mol. The van der Waals surface area contributed by atoms with E-state index < -0.39 is 38.9 Å². The number of aromatic nitrogens is 3. The lowest BCUT2D eigenvalue weighted by Gasteiger charge is -2.23. The Balaban J connectivity index is 1.44. The van der Waals surface area contributed by atoms with Gasteiger partial charge in [-0.15, -0.1) is 23.2 Å². The highest BCUT2D eigenvalue weighted by Gasteiger charge is 2.31. The van der Waals surface area contributed by atoms with Crippen molar-refractivity contribution in [3.8, 4) is 5.95 Å². The lowest BCUT2D eigenvalue weighted by molar-refractivity contribution is -0.117. The maximum absolute atomic E-state index is 13.9. The summed E-state index contributed by atoms with van der Waals surface area (Å²) in [5.41, 5.74) is 4.27. The molecule has 2 aromatic heterocycles. The van der Waals surface area contributed by atoms with Crippen LogP contribution < -0.4 is 15.5 Å². The second-order valence-corrected chi connectivity index (χ2v) is 15.7. The fraction of sp³-hybridized carbons (Fsp3) is 0.265. The smallest absolute Gasteiger partial charge is 0.333 e. The number of nitrogens with zero attached hydrogens (tertiary/aromatic N) is 4. The molecule has 49 heavy (non-hydrogen) atoms. The van der Waals surface area contributed by atoms with Gasteiger partial charge in [-0.2, -0.15) is 8.42 Å². The minimum absolute atomic E-state index is 0.253. The van der Waals surface area contributed by atoms with Crippen molar-refractivity contribution in [1.29, 1.82) is 0 Å². The molecule has 0 bridgehead atoms. The average molecular weight is 745 g/mol. The number of para-hydroxylation sites is 1. The molecular weight excluding hydrogens is 707 g/mol. The number of rotatable bonds is 12. The van der Waals surface area contributed by atoms with Gasteiger partial charge in [-0.05, 0) is 67.9 Å². The molecular formula is C34H37Cl2N6O5S2+. The van der Waals surface area contributed by atoms with E-state index in [1.807, 2.05) is 61.9 Å². The first kappa shape index (κ1) is 36.3.